The Morgan fingerprint density at radius 3 is 1.54 bits per heavy atom. The number of rotatable bonds is 20. The van der Waals surface area contributed by atoms with Gasteiger partial charge in [0.25, 0.3) is 11.1 Å². The number of amides is 3. The number of hydrogen-bond acceptors (Lipinski definition) is 17. The topological polar surface area (TPSA) is 202 Å². The fourth-order valence-corrected chi connectivity index (χ4v) is 24.4. The van der Waals surface area contributed by atoms with Gasteiger partial charge in [0.15, 0.2) is 0 Å². The van der Waals surface area contributed by atoms with Crippen LogP contribution in [0.25, 0.3) is 70.9 Å². The van der Waals surface area contributed by atoms with Crippen molar-refractivity contribution in [3.05, 3.63) is 233 Å². The molecule has 22 nitrogen and oxygen atoms in total. The van der Waals surface area contributed by atoms with Gasteiger partial charge in [-0.1, -0.05) is 54.5 Å². The maximum atomic E-state index is 15.2. The van der Waals surface area contributed by atoms with Crippen molar-refractivity contribution < 1.29 is 40.7 Å². The number of piperazine rings is 3. The molecule has 5 saturated heterocycles. The number of pyridine rings is 2. The van der Waals surface area contributed by atoms with Crippen molar-refractivity contribution in [2.45, 2.75) is 130 Å². The van der Waals surface area contributed by atoms with Gasteiger partial charge in [-0.2, -0.15) is 15.3 Å². The molecule has 0 saturated carbocycles. The van der Waals surface area contributed by atoms with Crippen LogP contribution in [0, 0.1) is 59.7 Å². The summed E-state index contributed by atoms with van der Waals surface area (Å²) in [6.07, 6.45) is 13.2. The lowest BCUT2D eigenvalue weighted by molar-refractivity contribution is -0.129. The standard InChI is InChI=1S/C32H32ClF2N5O2S.C31H27ClF2N6O2S.C31H34ClF2N5O2S/c1-3-27(41)38-12-13-39(19(2)17-38)29-23-15-25(33)28(22-8-7-20(34)14-26(22)35)31-30(23)40(32(42)24(29)16-36)21(18-43-31)6-4-9-37-10-5-11-37;1-4-26(41)39-11-10-37(15-20(39)14-35-3)28-18(2)31(42)40-21(16-38-9-5-8-36-38)17-43-30-27(24(32)13-23(28)29(30)40)22-7-6-19(33)12-25(22)34;1-4-26(40)37-15-19(3)38(16-18(37)2)30-23-14-24(32)27(22-9-8-20(33)13-25(22)34)29-28(23)39(31(41)35-30)21(17-42-29)7-5-10-36-11-6-12-36/h3,7-8,14-15,19,21H,1,4-6,9-13,17-18H2,2H3;4-9,12-13,20-21H,1,10-11,14-17H2,2H3;4,8-9,13-14,18-19,21H,1,5-7,10-12,15-17H2,2-3H3/t19-,21?;20-,21?;18-,19+,21?/m001/s1. The molecule has 5 fully saturated rings. The first-order valence-corrected chi connectivity index (χ1v) is 46.8. The third-order valence-corrected chi connectivity index (χ3v) is 30.3. The van der Waals surface area contributed by atoms with E-state index < -0.39 is 40.9 Å². The average Bonchev–Trinajstić information content (AvgIpc) is 0.810. The molecule has 8 aliphatic rings. The van der Waals surface area contributed by atoms with E-state index in [2.05, 4.69) is 55.4 Å². The molecule has 3 unspecified atom stereocenters. The summed E-state index contributed by atoms with van der Waals surface area (Å²) in [6.45, 7) is 36.2. The van der Waals surface area contributed by atoms with E-state index in [1.54, 1.807) is 76.2 Å². The van der Waals surface area contributed by atoms with Crippen molar-refractivity contribution in [1.29, 1.82) is 5.26 Å². The normalized spacial score (nSPS) is 20.2. The summed E-state index contributed by atoms with van der Waals surface area (Å²) in [5.74, 6) is -2.61. The summed E-state index contributed by atoms with van der Waals surface area (Å²) in [5.41, 5.74) is 4.45. The highest BCUT2D eigenvalue weighted by atomic mass is 35.5. The quantitative estimate of drug-likeness (QED) is 0.0396. The maximum Gasteiger partial charge on any atom is 0.350 e. The zero-order valence-electron chi connectivity index (χ0n) is 71.0. The number of halogens is 9. The lowest BCUT2D eigenvalue weighted by Gasteiger charge is -2.45. The molecule has 0 N–H and O–H groups in total. The summed E-state index contributed by atoms with van der Waals surface area (Å²) in [6, 6.07) is 18.1. The molecule has 0 spiro atoms. The van der Waals surface area contributed by atoms with E-state index >= 15 is 13.2 Å². The van der Waals surface area contributed by atoms with Crippen LogP contribution in [0.4, 0.5) is 43.5 Å². The lowest BCUT2D eigenvalue weighted by Crippen LogP contribution is -2.58. The predicted octanol–water partition coefficient (Wildman–Crippen LogP) is 17.1. The summed E-state index contributed by atoms with van der Waals surface area (Å²) in [7, 11) is 0. The first kappa shape index (κ1) is 90.9. The summed E-state index contributed by atoms with van der Waals surface area (Å²) >= 11 is 25.3. The molecule has 10 aromatic rings. The van der Waals surface area contributed by atoms with Gasteiger partial charge in [-0.25, -0.2) is 37.7 Å². The third kappa shape index (κ3) is 17.3. The molecular formula is C94H93Cl3F6N16O6S3. The van der Waals surface area contributed by atoms with E-state index in [1.165, 1.54) is 91.0 Å². The van der Waals surface area contributed by atoms with Gasteiger partial charge >= 0.3 is 5.69 Å². The van der Waals surface area contributed by atoms with Crippen LogP contribution in [-0.4, -0.2) is 210 Å². The molecule has 0 radical (unpaired) electrons. The first-order chi connectivity index (χ1) is 61.6. The van der Waals surface area contributed by atoms with Crippen LogP contribution in [0.15, 0.2) is 158 Å². The van der Waals surface area contributed by atoms with Crippen LogP contribution in [-0.2, 0) is 20.9 Å². The Bertz CT molecular complexity index is 6440. The largest absolute Gasteiger partial charge is 0.366 e. The van der Waals surface area contributed by atoms with E-state index in [1.807, 2.05) is 42.8 Å². The van der Waals surface area contributed by atoms with Gasteiger partial charge in [-0.3, -0.25) is 33.2 Å². The Labute approximate surface area is 763 Å². The van der Waals surface area contributed by atoms with Crippen molar-refractivity contribution in [2.24, 2.45) is 0 Å². The third-order valence-electron chi connectivity index (χ3n) is 25.7. The van der Waals surface area contributed by atoms with Crippen LogP contribution >= 0.6 is 70.1 Å². The predicted molar refractivity (Wildman–Crippen MR) is 496 cm³/mol. The molecule has 12 heterocycles. The van der Waals surface area contributed by atoms with Crippen molar-refractivity contribution in [3.63, 3.8) is 0 Å². The summed E-state index contributed by atoms with van der Waals surface area (Å²) < 4.78 is 94.1. The minimum atomic E-state index is -0.747. The Morgan fingerprint density at radius 1 is 0.562 bits per heavy atom. The number of benzene rings is 6. The van der Waals surface area contributed by atoms with Gasteiger partial charge < -0.3 is 53.2 Å². The van der Waals surface area contributed by atoms with Crippen molar-refractivity contribution in [1.82, 2.24) is 53.0 Å². The van der Waals surface area contributed by atoms with Crippen molar-refractivity contribution >= 4 is 138 Å². The highest BCUT2D eigenvalue weighted by Crippen LogP contribution is 2.54. The molecule has 0 bridgehead atoms. The Morgan fingerprint density at radius 2 is 1.05 bits per heavy atom. The van der Waals surface area contributed by atoms with E-state index in [0.29, 0.717) is 168 Å². The summed E-state index contributed by atoms with van der Waals surface area (Å²) in [5, 5.41) is 17.6. The van der Waals surface area contributed by atoms with Gasteiger partial charge in [-0.15, -0.1) is 35.3 Å². The number of carbonyl (C=O) groups excluding carboxylic acids is 3. The molecule has 666 valence electrons. The molecule has 3 amide bonds. The summed E-state index contributed by atoms with van der Waals surface area (Å²) in [4.78, 5) is 106. The second-order valence-electron chi connectivity index (χ2n) is 33.5. The molecule has 18 rings (SSSR count). The SMILES string of the molecule is C=CC(=O)N1CCN(c2c(C#N)c(=O)n3c4c(c(-c5ccc(F)cc5F)c(Cl)cc24)SCC3CCCN2CCC2)[C@@H](C)C1.C=CC(=O)N1C[C@H](C)N(c2nc(=O)n3c4c(c(-c5ccc(F)cc5F)c(Cl)cc24)SCC3CCCN2CCC2)C[C@H]1C.[C-]#[N+]C[C@H]1CN(c2c(C)c(=O)n3c4c(c(-c5ccc(F)cc5F)c(Cl)cc24)SCC3Cn2cccn2)CCN1C(=O)C=C. The highest BCUT2D eigenvalue weighted by Gasteiger charge is 2.42. The zero-order valence-corrected chi connectivity index (χ0v) is 75.7. The molecule has 0 aliphatic carbocycles. The fraction of sp³-hybridized carbons (Fsp3) is 0.383. The molecule has 7 atom stereocenters. The van der Waals surface area contributed by atoms with Crippen LogP contribution in [0.1, 0.15) is 88.5 Å². The average molecular weight is 1860 g/mol. The van der Waals surface area contributed by atoms with Gasteiger partial charge in [0.1, 0.15) is 58.4 Å². The van der Waals surface area contributed by atoms with Crippen LogP contribution in [0.3, 0.4) is 0 Å². The number of hydrogen-bond donors (Lipinski definition) is 0. The van der Waals surface area contributed by atoms with Crippen molar-refractivity contribution in [2.75, 3.05) is 130 Å². The van der Waals surface area contributed by atoms with E-state index in [9.17, 15) is 47.2 Å². The van der Waals surface area contributed by atoms with E-state index in [0.717, 1.165) is 83.2 Å². The molecule has 34 heteroatoms. The molecule has 8 aliphatic heterocycles. The number of nitrogens with zero attached hydrogens (tertiary/aromatic N) is 16. The van der Waals surface area contributed by atoms with Gasteiger partial charge in [0.05, 0.1) is 55.6 Å². The zero-order chi connectivity index (χ0) is 90.5. The number of carbonyl (C=O) groups is 3. The van der Waals surface area contributed by atoms with Gasteiger partial charge in [0.2, 0.25) is 24.3 Å². The van der Waals surface area contributed by atoms with E-state index in [-0.39, 0.29) is 110 Å². The maximum absolute atomic E-state index is 15.2. The molecule has 6 aromatic carbocycles. The van der Waals surface area contributed by atoms with Crippen molar-refractivity contribution in [3.8, 4) is 39.4 Å². The number of nitriles is 1. The second-order valence-corrected chi connectivity index (χ2v) is 37.9. The Hall–Kier alpha value is -10.5. The van der Waals surface area contributed by atoms with Gasteiger partial charge in [-0.05, 0) is 184 Å². The lowest BCUT2D eigenvalue weighted by atomic mass is 9.97. The minimum Gasteiger partial charge on any atom is -0.366 e. The van der Waals surface area contributed by atoms with Crippen LogP contribution in [0.2, 0.25) is 15.1 Å². The fourth-order valence-electron chi connectivity index (χ4n) is 19.2. The molecule has 4 aromatic heterocycles. The Balaban J connectivity index is 0.000000141. The number of anilines is 3. The molecular weight excluding hydrogens is 1770 g/mol. The second kappa shape index (κ2) is 38.3. The monoisotopic (exact) mass is 1860 g/mol. The van der Waals surface area contributed by atoms with Crippen LogP contribution in [0.5, 0.6) is 0 Å². The Kier molecular flexibility index (Phi) is 27.2. The number of thioether (sulfide) groups is 3. The first-order valence-electron chi connectivity index (χ1n) is 42.7. The number of aromatic nitrogens is 6. The highest BCUT2D eigenvalue weighted by molar-refractivity contribution is 8.00. The van der Waals surface area contributed by atoms with E-state index in [4.69, 9.17) is 41.4 Å². The van der Waals surface area contributed by atoms with Gasteiger partial charge in [0, 0.05) is 200 Å². The smallest absolute Gasteiger partial charge is 0.350 e. The molecule has 128 heavy (non-hydrogen) atoms. The van der Waals surface area contributed by atoms with Crippen LogP contribution < -0.4 is 31.5 Å². The minimum absolute atomic E-state index is 0.0326. The number of likely N-dealkylation sites (tertiary alicyclic amines) is 2.